The van der Waals surface area contributed by atoms with Gasteiger partial charge in [-0.1, -0.05) is 12.1 Å². The summed E-state index contributed by atoms with van der Waals surface area (Å²) in [5.41, 5.74) is 2.71. The molecule has 7 nitrogen and oxygen atoms in total. The molecule has 0 saturated heterocycles. The van der Waals surface area contributed by atoms with Crippen LogP contribution in [0.2, 0.25) is 0 Å². The van der Waals surface area contributed by atoms with Crippen LogP contribution in [-0.2, 0) is 17.8 Å². The Morgan fingerprint density at radius 3 is 2.57 bits per heavy atom. The molecule has 0 saturated carbocycles. The number of amides is 3. The van der Waals surface area contributed by atoms with Crippen molar-refractivity contribution in [1.29, 1.82) is 0 Å². The molecule has 156 valence electrons. The summed E-state index contributed by atoms with van der Waals surface area (Å²) in [6.07, 6.45) is 0.995. The molecule has 0 bridgehead atoms. The quantitative estimate of drug-likeness (QED) is 0.712. The highest BCUT2D eigenvalue weighted by Crippen LogP contribution is 2.35. The maximum Gasteiger partial charge on any atom is 0.261 e. The molecule has 4 rings (SSSR count). The number of hydrogen-bond donors (Lipinski definition) is 1. The molecule has 2 heterocycles. The Balaban J connectivity index is 1.36. The lowest BCUT2D eigenvalue weighted by molar-refractivity contribution is -0.121. The van der Waals surface area contributed by atoms with Crippen LogP contribution in [0.25, 0.3) is 0 Å². The zero-order valence-corrected chi connectivity index (χ0v) is 17.1. The van der Waals surface area contributed by atoms with E-state index in [0.717, 1.165) is 33.9 Å². The van der Waals surface area contributed by atoms with E-state index in [1.807, 2.05) is 26.0 Å². The standard InChI is InChI=1S/C23H24N2O5/c1-3-29-19-11-15-10-14(2)30-20(15)12-16(19)13-24-21(26)8-9-25-22(27)17-6-4-5-7-18(17)23(25)28/h4-7,11-12,14H,3,8-10,13H2,1-2H3,(H,24,26)/t14-/m1/s1. The fourth-order valence-corrected chi connectivity index (χ4v) is 3.85. The van der Waals surface area contributed by atoms with E-state index in [1.54, 1.807) is 24.3 Å². The minimum Gasteiger partial charge on any atom is -0.494 e. The molecule has 2 aromatic carbocycles. The molecule has 0 aromatic heterocycles. The fourth-order valence-electron chi connectivity index (χ4n) is 3.85. The van der Waals surface area contributed by atoms with Gasteiger partial charge in [-0.05, 0) is 38.1 Å². The van der Waals surface area contributed by atoms with Crippen LogP contribution in [0.4, 0.5) is 0 Å². The third kappa shape index (κ3) is 3.75. The summed E-state index contributed by atoms with van der Waals surface area (Å²) in [4.78, 5) is 38.3. The van der Waals surface area contributed by atoms with Crippen LogP contribution in [0.3, 0.4) is 0 Å². The zero-order chi connectivity index (χ0) is 21.3. The van der Waals surface area contributed by atoms with Crippen molar-refractivity contribution in [2.24, 2.45) is 0 Å². The number of fused-ring (bicyclic) bond motifs is 2. The van der Waals surface area contributed by atoms with Gasteiger partial charge in [-0.2, -0.15) is 0 Å². The summed E-state index contributed by atoms with van der Waals surface area (Å²) in [5.74, 6) is 0.596. The average Bonchev–Trinajstić information content (AvgIpc) is 3.21. The van der Waals surface area contributed by atoms with Crippen LogP contribution in [-0.4, -0.2) is 41.9 Å². The van der Waals surface area contributed by atoms with Gasteiger partial charge in [-0.25, -0.2) is 0 Å². The molecule has 0 spiro atoms. The summed E-state index contributed by atoms with van der Waals surface area (Å²) in [5, 5.41) is 2.85. The summed E-state index contributed by atoms with van der Waals surface area (Å²) in [6.45, 7) is 4.77. The summed E-state index contributed by atoms with van der Waals surface area (Å²) >= 11 is 0. The van der Waals surface area contributed by atoms with E-state index in [-0.39, 0.29) is 43.3 Å². The molecule has 0 fully saturated rings. The molecule has 0 unspecified atom stereocenters. The number of ether oxygens (including phenoxy) is 2. The van der Waals surface area contributed by atoms with Crippen molar-refractivity contribution in [1.82, 2.24) is 10.2 Å². The molecule has 7 heteroatoms. The second kappa shape index (κ2) is 8.18. The first-order valence-corrected chi connectivity index (χ1v) is 10.1. The van der Waals surface area contributed by atoms with Gasteiger partial charge < -0.3 is 14.8 Å². The van der Waals surface area contributed by atoms with E-state index in [4.69, 9.17) is 9.47 Å². The van der Waals surface area contributed by atoms with Crippen molar-refractivity contribution in [3.63, 3.8) is 0 Å². The predicted octanol–water partition coefficient (Wildman–Crippen LogP) is 2.71. The lowest BCUT2D eigenvalue weighted by atomic mass is 10.1. The Morgan fingerprint density at radius 1 is 1.20 bits per heavy atom. The third-order valence-electron chi connectivity index (χ3n) is 5.30. The van der Waals surface area contributed by atoms with Gasteiger partial charge in [-0.3, -0.25) is 19.3 Å². The molecular weight excluding hydrogens is 384 g/mol. The highest BCUT2D eigenvalue weighted by atomic mass is 16.5. The Labute approximate surface area is 175 Å². The van der Waals surface area contributed by atoms with Gasteiger partial charge in [0.2, 0.25) is 5.91 Å². The second-order valence-electron chi connectivity index (χ2n) is 7.47. The van der Waals surface area contributed by atoms with Gasteiger partial charge in [-0.15, -0.1) is 0 Å². The number of hydrogen-bond acceptors (Lipinski definition) is 5. The number of rotatable bonds is 7. The maximum atomic E-state index is 12.4. The molecule has 1 N–H and O–H groups in total. The Morgan fingerprint density at radius 2 is 1.90 bits per heavy atom. The minimum absolute atomic E-state index is 0.0356. The highest BCUT2D eigenvalue weighted by Gasteiger charge is 2.35. The molecule has 3 amide bonds. The molecular formula is C23H24N2O5. The van der Waals surface area contributed by atoms with E-state index < -0.39 is 0 Å². The monoisotopic (exact) mass is 408 g/mol. The van der Waals surface area contributed by atoms with Crippen LogP contribution in [0.15, 0.2) is 36.4 Å². The average molecular weight is 408 g/mol. The number of carbonyl (C=O) groups excluding carboxylic acids is 3. The van der Waals surface area contributed by atoms with E-state index in [9.17, 15) is 14.4 Å². The highest BCUT2D eigenvalue weighted by molar-refractivity contribution is 6.21. The van der Waals surface area contributed by atoms with Crippen LogP contribution in [0.5, 0.6) is 11.5 Å². The normalized spacial score (nSPS) is 16.9. The van der Waals surface area contributed by atoms with Gasteiger partial charge in [0.1, 0.15) is 17.6 Å². The van der Waals surface area contributed by atoms with Crippen molar-refractivity contribution >= 4 is 17.7 Å². The van der Waals surface area contributed by atoms with Gasteiger partial charge in [0, 0.05) is 37.1 Å². The molecule has 30 heavy (non-hydrogen) atoms. The smallest absolute Gasteiger partial charge is 0.261 e. The van der Waals surface area contributed by atoms with Crippen molar-refractivity contribution in [2.45, 2.75) is 39.3 Å². The fraction of sp³-hybridized carbons (Fsp3) is 0.348. The van der Waals surface area contributed by atoms with E-state index in [2.05, 4.69) is 5.32 Å². The molecule has 2 aliphatic heterocycles. The van der Waals surface area contributed by atoms with Crippen molar-refractivity contribution in [2.75, 3.05) is 13.2 Å². The summed E-state index contributed by atoms with van der Waals surface area (Å²) < 4.78 is 11.5. The van der Waals surface area contributed by atoms with Crippen molar-refractivity contribution in [3.8, 4) is 11.5 Å². The second-order valence-corrected chi connectivity index (χ2v) is 7.47. The number of nitrogens with zero attached hydrogens (tertiary/aromatic N) is 1. The van der Waals surface area contributed by atoms with Gasteiger partial charge in [0.15, 0.2) is 0 Å². The topological polar surface area (TPSA) is 84.9 Å². The van der Waals surface area contributed by atoms with Crippen LogP contribution in [0, 0.1) is 0 Å². The lowest BCUT2D eigenvalue weighted by Gasteiger charge is -2.15. The molecule has 0 aliphatic carbocycles. The Kier molecular flexibility index (Phi) is 5.44. The van der Waals surface area contributed by atoms with E-state index >= 15 is 0 Å². The SMILES string of the molecule is CCOc1cc2c(cc1CNC(=O)CCN1C(=O)c3ccccc3C1=O)O[C@H](C)C2. The molecule has 2 aromatic rings. The number of imide groups is 1. The predicted molar refractivity (Wildman–Crippen MR) is 110 cm³/mol. The number of nitrogens with one attached hydrogen (secondary N) is 1. The first kappa shape index (κ1) is 19.9. The third-order valence-corrected chi connectivity index (χ3v) is 5.30. The Bertz CT molecular complexity index is 982. The van der Waals surface area contributed by atoms with Crippen molar-refractivity contribution < 1.29 is 23.9 Å². The van der Waals surface area contributed by atoms with Gasteiger partial charge >= 0.3 is 0 Å². The lowest BCUT2D eigenvalue weighted by Crippen LogP contribution is -2.34. The maximum absolute atomic E-state index is 12.4. The number of benzene rings is 2. The van der Waals surface area contributed by atoms with Crippen LogP contribution in [0.1, 0.15) is 52.1 Å². The van der Waals surface area contributed by atoms with Gasteiger partial charge in [0.25, 0.3) is 11.8 Å². The first-order valence-electron chi connectivity index (χ1n) is 10.1. The molecule has 2 aliphatic rings. The summed E-state index contributed by atoms with van der Waals surface area (Å²) in [6, 6.07) is 10.6. The van der Waals surface area contributed by atoms with Gasteiger partial charge in [0.05, 0.1) is 17.7 Å². The Hall–Kier alpha value is -3.35. The minimum atomic E-state index is -0.355. The largest absolute Gasteiger partial charge is 0.494 e. The molecule has 0 radical (unpaired) electrons. The van der Waals surface area contributed by atoms with Crippen molar-refractivity contribution in [3.05, 3.63) is 58.7 Å². The van der Waals surface area contributed by atoms with Crippen LogP contribution < -0.4 is 14.8 Å². The van der Waals surface area contributed by atoms with E-state index in [0.29, 0.717) is 17.7 Å². The molecule has 1 atom stereocenters. The van der Waals surface area contributed by atoms with Crippen LogP contribution >= 0.6 is 0 Å². The first-order chi connectivity index (χ1) is 14.5. The summed E-state index contributed by atoms with van der Waals surface area (Å²) in [7, 11) is 0. The van der Waals surface area contributed by atoms with E-state index in [1.165, 1.54) is 0 Å². The number of carbonyl (C=O) groups is 3. The zero-order valence-electron chi connectivity index (χ0n) is 17.1.